The first kappa shape index (κ1) is 26.7. The van der Waals surface area contributed by atoms with Crippen LogP contribution in [0.5, 0.6) is 5.75 Å². The molecule has 1 N–H and O–H groups in total. The number of anilines is 1. The topological polar surface area (TPSA) is 114 Å². The van der Waals surface area contributed by atoms with Crippen LogP contribution in [0.1, 0.15) is 35.4 Å². The quantitative estimate of drug-likeness (QED) is 0.243. The van der Waals surface area contributed by atoms with E-state index in [0.717, 1.165) is 41.3 Å². The third-order valence-electron chi connectivity index (χ3n) is 6.89. The van der Waals surface area contributed by atoms with Gasteiger partial charge in [0.15, 0.2) is 0 Å². The molecule has 3 aromatic carbocycles. The lowest BCUT2D eigenvalue weighted by molar-refractivity contribution is -0.274. The Morgan fingerprint density at radius 3 is 2.46 bits per heavy atom. The number of hydrogen-bond donors (Lipinski definition) is 1. The molecule has 6 rings (SSSR count). The van der Waals surface area contributed by atoms with Crippen molar-refractivity contribution in [2.24, 2.45) is 0 Å². The lowest BCUT2D eigenvalue weighted by atomic mass is 10.0. The monoisotopic (exact) mass is 580 g/mol. The van der Waals surface area contributed by atoms with Crippen LogP contribution in [-0.4, -0.2) is 40.4 Å². The summed E-state index contributed by atoms with van der Waals surface area (Å²) in [5.41, 5.74) is 2.53. The van der Waals surface area contributed by atoms with Gasteiger partial charge in [-0.2, -0.15) is 5.21 Å². The molecule has 0 amide bonds. The first-order valence-corrected chi connectivity index (χ1v) is 14.1. The second kappa shape index (κ2) is 10.1. The van der Waals surface area contributed by atoms with Crippen molar-refractivity contribution in [2.75, 3.05) is 4.31 Å². The fraction of sp³-hybridized carbons (Fsp3) is 0.214. The Morgan fingerprint density at radius 2 is 1.80 bits per heavy atom. The minimum atomic E-state index is -4.84. The Kier molecular flexibility index (Phi) is 6.60. The number of halogens is 3. The highest BCUT2D eigenvalue weighted by Gasteiger charge is 2.36. The maximum Gasteiger partial charge on any atom is 0.573 e. The zero-order chi connectivity index (χ0) is 28.8. The van der Waals surface area contributed by atoms with Crippen molar-refractivity contribution < 1.29 is 26.3 Å². The van der Waals surface area contributed by atoms with Crippen LogP contribution in [0, 0.1) is 6.92 Å². The van der Waals surface area contributed by atoms with Gasteiger partial charge in [-0.3, -0.25) is 0 Å². The third kappa shape index (κ3) is 5.44. The van der Waals surface area contributed by atoms with Crippen LogP contribution >= 0.6 is 0 Å². The summed E-state index contributed by atoms with van der Waals surface area (Å²) in [6.07, 6.45) is -1.39. The van der Waals surface area contributed by atoms with Gasteiger partial charge in [0.25, 0.3) is 10.0 Å². The summed E-state index contributed by atoms with van der Waals surface area (Å²) in [4.78, 5) is 4.67. The largest absolute Gasteiger partial charge is 0.573 e. The van der Waals surface area contributed by atoms with Crippen molar-refractivity contribution in [1.82, 2.24) is 25.6 Å². The van der Waals surface area contributed by atoms with E-state index in [9.17, 15) is 21.6 Å². The van der Waals surface area contributed by atoms with Crippen LogP contribution < -0.4 is 9.04 Å². The average molecular weight is 581 g/mol. The van der Waals surface area contributed by atoms with Gasteiger partial charge in [0, 0.05) is 22.7 Å². The number of aromatic nitrogens is 5. The summed E-state index contributed by atoms with van der Waals surface area (Å²) < 4.78 is 72.0. The fourth-order valence-corrected chi connectivity index (χ4v) is 6.35. The Balaban J connectivity index is 1.46. The van der Waals surface area contributed by atoms with E-state index >= 15 is 0 Å². The lowest BCUT2D eigenvalue weighted by Crippen LogP contribution is -2.32. The number of nitrogens with one attached hydrogen (secondary N) is 1. The van der Waals surface area contributed by atoms with Crippen LogP contribution in [0.15, 0.2) is 77.8 Å². The molecule has 2 heterocycles. The van der Waals surface area contributed by atoms with Gasteiger partial charge in [0.1, 0.15) is 11.6 Å². The highest BCUT2D eigenvalue weighted by Crippen LogP contribution is 2.48. The van der Waals surface area contributed by atoms with E-state index in [1.807, 2.05) is 24.3 Å². The Hall–Kier alpha value is -4.52. The Labute approximate surface area is 233 Å². The third-order valence-corrected chi connectivity index (χ3v) is 8.63. The molecule has 2 aromatic heterocycles. The molecule has 0 bridgehead atoms. The van der Waals surface area contributed by atoms with Crippen LogP contribution in [-0.2, 0) is 16.6 Å². The molecule has 1 saturated carbocycles. The van der Waals surface area contributed by atoms with E-state index in [0.29, 0.717) is 28.3 Å². The van der Waals surface area contributed by atoms with Gasteiger partial charge < -0.3 is 4.74 Å². The molecule has 0 atom stereocenters. The van der Waals surface area contributed by atoms with Gasteiger partial charge in [-0.05, 0) is 77.7 Å². The van der Waals surface area contributed by atoms with Crippen LogP contribution in [0.3, 0.4) is 0 Å². The molecule has 41 heavy (non-hydrogen) atoms. The Morgan fingerprint density at radius 1 is 1.05 bits per heavy atom. The summed E-state index contributed by atoms with van der Waals surface area (Å²) >= 11 is 0. The van der Waals surface area contributed by atoms with E-state index in [2.05, 4.69) is 30.3 Å². The van der Waals surface area contributed by atoms with Crippen LogP contribution in [0.2, 0.25) is 0 Å². The van der Waals surface area contributed by atoms with Gasteiger partial charge in [0.2, 0.25) is 5.82 Å². The molecule has 9 nitrogen and oxygen atoms in total. The number of sulfonamides is 1. The number of rotatable bonds is 8. The number of alkyl halides is 3. The number of pyridine rings is 1. The maximum atomic E-state index is 14.3. The summed E-state index contributed by atoms with van der Waals surface area (Å²) in [6.45, 7) is 1.59. The predicted molar refractivity (Wildman–Crippen MR) is 145 cm³/mol. The second-order valence-corrected chi connectivity index (χ2v) is 11.6. The van der Waals surface area contributed by atoms with Gasteiger partial charge in [-0.25, -0.2) is 17.7 Å². The molecule has 0 unspecified atom stereocenters. The highest BCUT2D eigenvalue weighted by atomic mass is 32.2. The number of benzene rings is 3. The number of nitrogens with zero attached hydrogens (tertiary/aromatic N) is 5. The molecule has 1 aliphatic rings. The van der Waals surface area contributed by atoms with E-state index in [1.54, 1.807) is 19.2 Å². The number of ether oxygens (including phenoxy) is 1. The van der Waals surface area contributed by atoms with Gasteiger partial charge in [-0.1, -0.05) is 36.4 Å². The molecule has 0 spiro atoms. The Bertz CT molecular complexity index is 1820. The van der Waals surface area contributed by atoms with Crippen molar-refractivity contribution in [3.05, 3.63) is 89.6 Å². The summed E-state index contributed by atoms with van der Waals surface area (Å²) in [5.74, 6) is 0.371. The number of aromatic amines is 1. The minimum Gasteiger partial charge on any atom is -0.406 e. The maximum absolute atomic E-state index is 14.3. The SMILES string of the molecule is Cc1cc(S(=O)(=O)N(Cc2ccc(OC(F)(F)F)cc2)c2ncc3ccccc3c2C2CC2)ccc1-c1nn[nH]n1. The van der Waals surface area contributed by atoms with Crippen molar-refractivity contribution in [3.63, 3.8) is 0 Å². The fourth-order valence-electron chi connectivity index (χ4n) is 4.84. The number of hydrogen-bond acceptors (Lipinski definition) is 7. The molecule has 0 saturated heterocycles. The van der Waals surface area contributed by atoms with Crippen molar-refractivity contribution in [3.8, 4) is 17.1 Å². The van der Waals surface area contributed by atoms with E-state index in [1.165, 1.54) is 28.6 Å². The molecular formula is C28H23F3N6O3S. The normalized spacial score (nSPS) is 13.9. The van der Waals surface area contributed by atoms with Gasteiger partial charge in [0.05, 0.1) is 11.4 Å². The van der Waals surface area contributed by atoms with Gasteiger partial charge >= 0.3 is 6.36 Å². The highest BCUT2D eigenvalue weighted by molar-refractivity contribution is 7.92. The van der Waals surface area contributed by atoms with Crippen molar-refractivity contribution in [1.29, 1.82) is 0 Å². The lowest BCUT2D eigenvalue weighted by Gasteiger charge is -2.27. The number of tetrazole rings is 1. The molecule has 210 valence electrons. The predicted octanol–water partition coefficient (Wildman–Crippen LogP) is 5.89. The van der Waals surface area contributed by atoms with Crippen molar-refractivity contribution in [2.45, 2.75) is 43.5 Å². The molecule has 13 heteroatoms. The van der Waals surface area contributed by atoms with Crippen molar-refractivity contribution >= 4 is 26.6 Å². The zero-order valence-corrected chi connectivity index (χ0v) is 22.4. The van der Waals surface area contributed by atoms with Gasteiger partial charge in [-0.15, -0.1) is 23.4 Å². The average Bonchev–Trinajstić information content (AvgIpc) is 3.63. The number of H-pyrrole nitrogens is 1. The van der Waals surface area contributed by atoms with Crippen LogP contribution in [0.25, 0.3) is 22.2 Å². The summed E-state index contributed by atoms with van der Waals surface area (Å²) in [6, 6.07) is 17.4. The van der Waals surface area contributed by atoms with E-state index < -0.39 is 22.1 Å². The molecule has 5 aromatic rings. The van der Waals surface area contributed by atoms with Crippen LogP contribution in [0.4, 0.5) is 19.0 Å². The molecule has 0 aliphatic heterocycles. The molecule has 0 radical (unpaired) electrons. The summed E-state index contributed by atoms with van der Waals surface area (Å²) in [5, 5.41) is 15.7. The first-order valence-electron chi connectivity index (χ1n) is 12.7. The zero-order valence-electron chi connectivity index (χ0n) is 21.6. The smallest absolute Gasteiger partial charge is 0.406 e. The van der Waals surface area contributed by atoms with E-state index in [-0.39, 0.29) is 17.4 Å². The standard InChI is InChI=1S/C28H23F3N6O3S/c1-17-14-22(12-13-23(17)26-33-35-36-34-26)41(38,39)37(16-18-6-10-21(11-7-18)40-28(29,30)31)27-25(19-8-9-19)24-5-3-2-4-20(24)15-32-27/h2-7,10-15,19H,8-9,16H2,1H3,(H,33,34,35,36). The summed E-state index contributed by atoms with van der Waals surface area (Å²) in [7, 11) is -4.20. The second-order valence-electron chi connectivity index (χ2n) is 9.77. The van der Waals surface area contributed by atoms with E-state index in [4.69, 9.17) is 0 Å². The number of aryl methyl sites for hydroxylation is 1. The molecule has 1 fully saturated rings. The first-order chi connectivity index (χ1) is 19.6. The molecular weight excluding hydrogens is 557 g/mol. The number of fused-ring (bicyclic) bond motifs is 1. The molecule has 1 aliphatic carbocycles. The minimum absolute atomic E-state index is 0.0241.